The van der Waals surface area contributed by atoms with Crippen molar-refractivity contribution in [2.75, 3.05) is 6.54 Å². The standard InChI is InChI=1S/C11H13F3N2O4/c1-10(8(17)18,11(12,13)14)16-9(19)15-5-4-7-3-2-6-20-7/h2-3,6H,4-5H2,1H3,(H,17,18)(H2,15,16,19). The van der Waals surface area contributed by atoms with E-state index >= 15 is 0 Å². The number of aliphatic carboxylic acids is 1. The summed E-state index contributed by atoms with van der Waals surface area (Å²) in [5.74, 6) is -1.65. The Balaban J connectivity index is 2.53. The predicted octanol–water partition coefficient (Wildman–Crippen LogP) is 1.53. The molecule has 1 heterocycles. The fourth-order valence-corrected chi connectivity index (χ4v) is 1.27. The van der Waals surface area contributed by atoms with Crippen LogP contribution in [0.15, 0.2) is 22.8 Å². The smallest absolute Gasteiger partial charge is 0.422 e. The summed E-state index contributed by atoms with van der Waals surface area (Å²) in [4.78, 5) is 22.0. The van der Waals surface area contributed by atoms with Crippen LogP contribution in [-0.4, -0.2) is 35.4 Å². The van der Waals surface area contributed by atoms with E-state index in [1.807, 2.05) is 0 Å². The largest absolute Gasteiger partial charge is 0.479 e. The van der Waals surface area contributed by atoms with Gasteiger partial charge in [-0.15, -0.1) is 0 Å². The monoisotopic (exact) mass is 294 g/mol. The topological polar surface area (TPSA) is 91.6 Å². The number of halogens is 3. The van der Waals surface area contributed by atoms with Gasteiger partial charge >= 0.3 is 18.2 Å². The molecule has 20 heavy (non-hydrogen) atoms. The summed E-state index contributed by atoms with van der Waals surface area (Å²) in [6.45, 7) is 0.383. The van der Waals surface area contributed by atoms with E-state index in [1.54, 1.807) is 12.1 Å². The van der Waals surface area contributed by atoms with Crippen molar-refractivity contribution in [2.24, 2.45) is 0 Å². The number of carbonyl (C=O) groups is 2. The van der Waals surface area contributed by atoms with Gasteiger partial charge < -0.3 is 20.2 Å². The molecule has 2 amide bonds. The number of rotatable bonds is 5. The fraction of sp³-hybridized carbons (Fsp3) is 0.455. The Hall–Kier alpha value is -2.19. The summed E-state index contributed by atoms with van der Waals surface area (Å²) in [6.07, 6.45) is -3.42. The third-order valence-corrected chi connectivity index (χ3v) is 2.60. The van der Waals surface area contributed by atoms with E-state index in [0.29, 0.717) is 12.7 Å². The minimum atomic E-state index is -5.11. The second kappa shape index (κ2) is 5.85. The lowest BCUT2D eigenvalue weighted by Gasteiger charge is -2.28. The van der Waals surface area contributed by atoms with Crippen molar-refractivity contribution in [3.05, 3.63) is 24.2 Å². The van der Waals surface area contributed by atoms with Crippen molar-refractivity contribution < 1.29 is 32.3 Å². The van der Waals surface area contributed by atoms with Crippen molar-refractivity contribution >= 4 is 12.0 Å². The lowest BCUT2D eigenvalue weighted by molar-refractivity contribution is -0.203. The van der Waals surface area contributed by atoms with E-state index in [0.717, 1.165) is 0 Å². The molecule has 0 aliphatic rings. The fourth-order valence-electron chi connectivity index (χ4n) is 1.27. The first kappa shape index (κ1) is 15.9. The molecule has 0 saturated heterocycles. The third kappa shape index (κ3) is 3.65. The van der Waals surface area contributed by atoms with Gasteiger partial charge in [0.15, 0.2) is 0 Å². The van der Waals surface area contributed by atoms with Gasteiger partial charge in [-0.1, -0.05) is 0 Å². The number of urea groups is 1. The van der Waals surface area contributed by atoms with Crippen LogP contribution >= 0.6 is 0 Å². The number of hydrogen-bond donors (Lipinski definition) is 3. The third-order valence-electron chi connectivity index (χ3n) is 2.60. The minimum absolute atomic E-state index is 0.00685. The van der Waals surface area contributed by atoms with Crippen molar-refractivity contribution in [3.8, 4) is 0 Å². The normalized spacial score (nSPS) is 14.4. The van der Waals surface area contributed by atoms with Crippen molar-refractivity contribution in [3.63, 3.8) is 0 Å². The summed E-state index contributed by atoms with van der Waals surface area (Å²) in [6, 6.07) is 2.04. The molecule has 0 spiro atoms. The highest BCUT2D eigenvalue weighted by atomic mass is 19.4. The number of furan rings is 1. The van der Waals surface area contributed by atoms with Crippen LogP contribution in [-0.2, 0) is 11.2 Å². The molecule has 0 aliphatic carbocycles. The molecule has 0 bridgehead atoms. The molecular weight excluding hydrogens is 281 g/mol. The van der Waals surface area contributed by atoms with Gasteiger partial charge in [0, 0.05) is 13.0 Å². The number of hydrogen-bond acceptors (Lipinski definition) is 3. The predicted molar refractivity (Wildman–Crippen MR) is 61.0 cm³/mol. The number of nitrogens with one attached hydrogen (secondary N) is 2. The van der Waals surface area contributed by atoms with Crippen LogP contribution in [0.3, 0.4) is 0 Å². The van der Waals surface area contributed by atoms with Crippen LogP contribution in [0.2, 0.25) is 0 Å². The highest BCUT2D eigenvalue weighted by Crippen LogP contribution is 2.30. The number of carboxylic acid groups (broad SMARTS) is 1. The molecule has 0 radical (unpaired) electrons. The number of carbonyl (C=O) groups excluding carboxylic acids is 1. The number of amides is 2. The van der Waals surface area contributed by atoms with E-state index in [2.05, 4.69) is 5.32 Å². The van der Waals surface area contributed by atoms with E-state index in [1.165, 1.54) is 11.6 Å². The molecular formula is C11H13F3N2O4. The zero-order chi connectivity index (χ0) is 15.4. The van der Waals surface area contributed by atoms with Gasteiger partial charge in [-0.2, -0.15) is 13.2 Å². The molecule has 6 nitrogen and oxygen atoms in total. The van der Waals surface area contributed by atoms with E-state index < -0.39 is 23.7 Å². The Morgan fingerprint density at radius 2 is 2.05 bits per heavy atom. The van der Waals surface area contributed by atoms with E-state index in [9.17, 15) is 22.8 Å². The second-order valence-electron chi connectivity index (χ2n) is 4.14. The Bertz CT molecular complexity index is 473. The maximum Gasteiger partial charge on any atom is 0.422 e. The van der Waals surface area contributed by atoms with Crippen LogP contribution in [0.25, 0.3) is 0 Å². The SMILES string of the molecule is CC(NC(=O)NCCc1ccco1)(C(=O)O)C(F)(F)F. The molecule has 1 atom stereocenters. The highest BCUT2D eigenvalue weighted by Gasteiger charge is 2.58. The van der Waals surface area contributed by atoms with Gasteiger partial charge in [0.25, 0.3) is 0 Å². The summed E-state index contributed by atoms with van der Waals surface area (Å²) < 4.78 is 42.8. The molecule has 1 aromatic heterocycles. The molecule has 0 saturated carbocycles. The van der Waals surface area contributed by atoms with E-state index in [-0.39, 0.29) is 13.0 Å². The highest BCUT2D eigenvalue weighted by molar-refractivity contribution is 5.86. The van der Waals surface area contributed by atoms with Crippen molar-refractivity contribution in [1.82, 2.24) is 10.6 Å². The molecule has 0 aliphatic heterocycles. The summed E-state index contributed by atoms with van der Waals surface area (Å²) in [5.41, 5.74) is -3.35. The number of alkyl halides is 3. The molecule has 9 heteroatoms. The van der Waals surface area contributed by atoms with Crippen LogP contribution in [0.1, 0.15) is 12.7 Å². The molecule has 0 aromatic carbocycles. The van der Waals surface area contributed by atoms with Gasteiger partial charge in [-0.05, 0) is 19.1 Å². The number of carboxylic acids is 1. The quantitative estimate of drug-likeness (QED) is 0.768. The summed E-state index contributed by atoms with van der Waals surface area (Å²) >= 11 is 0. The lowest BCUT2D eigenvalue weighted by atomic mass is 10.0. The Kier molecular flexibility index (Phi) is 4.64. The molecule has 1 aromatic rings. The lowest BCUT2D eigenvalue weighted by Crippen LogP contribution is -2.63. The van der Waals surface area contributed by atoms with Crippen LogP contribution in [0.5, 0.6) is 0 Å². The zero-order valence-corrected chi connectivity index (χ0v) is 10.5. The minimum Gasteiger partial charge on any atom is -0.479 e. The van der Waals surface area contributed by atoms with Gasteiger partial charge in [0.1, 0.15) is 5.76 Å². The first-order valence-electron chi connectivity index (χ1n) is 5.55. The molecule has 1 rings (SSSR count). The average Bonchev–Trinajstić information content (AvgIpc) is 2.80. The van der Waals surface area contributed by atoms with Gasteiger partial charge in [0.05, 0.1) is 6.26 Å². The zero-order valence-electron chi connectivity index (χ0n) is 10.5. The Morgan fingerprint density at radius 1 is 1.40 bits per heavy atom. The van der Waals surface area contributed by atoms with Gasteiger partial charge in [-0.25, -0.2) is 9.59 Å². The van der Waals surface area contributed by atoms with Crippen molar-refractivity contribution in [1.29, 1.82) is 0 Å². The molecule has 3 N–H and O–H groups in total. The molecule has 0 fully saturated rings. The van der Waals surface area contributed by atoms with Gasteiger partial charge in [-0.3, -0.25) is 0 Å². The maximum atomic E-state index is 12.6. The molecule has 1 unspecified atom stereocenters. The summed E-state index contributed by atoms with van der Waals surface area (Å²) in [7, 11) is 0. The Morgan fingerprint density at radius 3 is 2.50 bits per heavy atom. The maximum absolute atomic E-state index is 12.6. The first-order chi connectivity index (χ1) is 9.17. The first-order valence-corrected chi connectivity index (χ1v) is 5.55. The Labute approximate surface area is 111 Å². The van der Waals surface area contributed by atoms with Crippen molar-refractivity contribution in [2.45, 2.75) is 25.1 Å². The van der Waals surface area contributed by atoms with Crippen LogP contribution in [0.4, 0.5) is 18.0 Å². The van der Waals surface area contributed by atoms with E-state index in [4.69, 9.17) is 9.52 Å². The van der Waals surface area contributed by atoms with Crippen LogP contribution < -0.4 is 10.6 Å². The summed E-state index contributed by atoms with van der Waals surface area (Å²) in [5, 5.41) is 12.2. The average molecular weight is 294 g/mol. The van der Waals surface area contributed by atoms with Gasteiger partial charge in [0.2, 0.25) is 5.54 Å². The molecule has 112 valence electrons. The second-order valence-corrected chi connectivity index (χ2v) is 4.14. The van der Waals surface area contributed by atoms with Crippen LogP contribution in [0, 0.1) is 0 Å².